The lowest BCUT2D eigenvalue weighted by Gasteiger charge is -2.17. The summed E-state index contributed by atoms with van der Waals surface area (Å²) in [5.41, 5.74) is 3.23. The smallest absolute Gasteiger partial charge is 0.188 e. The molecule has 2 aromatic heterocycles. The van der Waals surface area contributed by atoms with Crippen molar-refractivity contribution in [2.75, 3.05) is 5.32 Å². The Morgan fingerprint density at radius 1 is 1.31 bits per heavy atom. The van der Waals surface area contributed by atoms with Gasteiger partial charge in [-0.2, -0.15) is 0 Å². The average Bonchev–Trinajstić information content (AvgIpc) is 3.29. The van der Waals surface area contributed by atoms with Gasteiger partial charge in [-0.15, -0.1) is 11.3 Å². The van der Waals surface area contributed by atoms with Crippen LogP contribution in [0.5, 0.6) is 11.5 Å². The number of aryl methyl sites for hydroxylation is 1. The van der Waals surface area contributed by atoms with E-state index < -0.39 is 5.72 Å². The van der Waals surface area contributed by atoms with Gasteiger partial charge in [0.25, 0.3) is 0 Å². The van der Waals surface area contributed by atoms with Crippen molar-refractivity contribution in [1.82, 2.24) is 15.4 Å². The van der Waals surface area contributed by atoms with Crippen LogP contribution in [0.25, 0.3) is 0 Å². The number of para-hydroxylation sites is 1. The number of aliphatic imine (C=N–C) groups is 1. The maximum atomic E-state index is 5.99. The molecule has 1 aromatic carbocycles. The Morgan fingerprint density at radius 3 is 2.90 bits per heavy atom. The molecule has 0 saturated carbocycles. The normalized spacial score (nSPS) is 18.2. The van der Waals surface area contributed by atoms with E-state index in [4.69, 9.17) is 9.57 Å². The molecule has 1 aliphatic rings. The molecule has 0 fully saturated rings. The standard InChI is InChI=1S/C20H20BrN5O2S/c1-13-25-20(2,28-26-13)9-8-15-12-29-19(23-15)24-18-17(10-14(21)11-22-18)27-16-6-4-3-5-7-16/h3-7,10-12H,8-9H2,1-2H3,(H,25,26)(H,22,23,24). The van der Waals surface area contributed by atoms with E-state index in [1.807, 2.05) is 55.6 Å². The van der Waals surface area contributed by atoms with Gasteiger partial charge in [-0.05, 0) is 48.3 Å². The third-order valence-electron chi connectivity index (χ3n) is 4.24. The van der Waals surface area contributed by atoms with E-state index in [1.54, 1.807) is 6.20 Å². The summed E-state index contributed by atoms with van der Waals surface area (Å²) in [5, 5.41) is 6.05. The zero-order valence-corrected chi connectivity index (χ0v) is 18.4. The van der Waals surface area contributed by atoms with Gasteiger partial charge in [-0.1, -0.05) is 18.2 Å². The summed E-state index contributed by atoms with van der Waals surface area (Å²) in [6.45, 7) is 3.84. The molecule has 0 amide bonds. The molecular formula is C20H20BrN5O2S. The predicted octanol–water partition coefficient (Wildman–Crippen LogP) is 5.44. The number of nitrogens with one attached hydrogen (secondary N) is 2. The number of amidine groups is 1. The fourth-order valence-electron chi connectivity index (χ4n) is 2.84. The highest BCUT2D eigenvalue weighted by molar-refractivity contribution is 9.10. The van der Waals surface area contributed by atoms with Crippen molar-refractivity contribution in [2.24, 2.45) is 4.99 Å². The topological polar surface area (TPSA) is 80.7 Å². The van der Waals surface area contributed by atoms with E-state index in [-0.39, 0.29) is 0 Å². The van der Waals surface area contributed by atoms with Crippen molar-refractivity contribution in [2.45, 2.75) is 32.4 Å². The Bertz CT molecular complexity index is 1030. The molecule has 9 heteroatoms. The first kappa shape index (κ1) is 19.8. The van der Waals surface area contributed by atoms with Crippen molar-refractivity contribution >= 4 is 44.1 Å². The van der Waals surface area contributed by atoms with Crippen LogP contribution in [0.4, 0.5) is 10.9 Å². The van der Waals surface area contributed by atoms with Crippen molar-refractivity contribution in [3.05, 3.63) is 58.1 Å². The molecule has 3 aromatic rings. The molecule has 7 nitrogen and oxygen atoms in total. The summed E-state index contributed by atoms with van der Waals surface area (Å²) in [6, 6.07) is 11.5. The van der Waals surface area contributed by atoms with Gasteiger partial charge in [0.1, 0.15) is 11.6 Å². The van der Waals surface area contributed by atoms with Gasteiger partial charge >= 0.3 is 0 Å². The Kier molecular flexibility index (Phi) is 5.79. The monoisotopic (exact) mass is 473 g/mol. The van der Waals surface area contributed by atoms with Crippen molar-refractivity contribution in [3.63, 3.8) is 0 Å². The van der Waals surface area contributed by atoms with E-state index >= 15 is 0 Å². The first-order valence-electron chi connectivity index (χ1n) is 9.09. The molecule has 0 bridgehead atoms. The molecule has 0 spiro atoms. The Balaban J connectivity index is 1.45. The summed E-state index contributed by atoms with van der Waals surface area (Å²) in [7, 11) is 0. The van der Waals surface area contributed by atoms with Gasteiger partial charge in [0, 0.05) is 28.5 Å². The highest BCUT2D eigenvalue weighted by Gasteiger charge is 2.30. The first-order chi connectivity index (χ1) is 14.0. The number of anilines is 2. The van der Waals surface area contributed by atoms with Crippen molar-refractivity contribution < 1.29 is 9.57 Å². The number of ether oxygens (including phenoxy) is 1. The van der Waals surface area contributed by atoms with Crippen molar-refractivity contribution in [3.8, 4) is 11.5 Å². The molecule has 0 aliphatic carbocycles. The van der Waals surface area contributed by atoms with Gasteiger partial charge in [0.2, 0.25) is 0 Å². The molecule has 0 radical (unpaired) electrons. The van der Waals surface area contributed by atoms with Crippen LogP contribution in [0.2, 0.25) is 0 Å². The second-order valence-corrected chi connectivity index (χ2v) is 8.53. The molecule has 2 N–H and O–H groups in total. The van der Waals surface area contributed by atoms with Gasteiger partial charge in [0.05, 0.1) is 5.69 Å². The molecule has 0 saturated heterocycles. The molecule has 3 heterocycles. The lowest BCUT2D eigenvalue weighted by molar-refractivity contribution is -0.0461. The summed E-state index contributed by atoms with van der Waals surface area (Å²) in [6.07, 6.45) is 3.22. The molecule has 1 aliphatic heterocycles. The lowest BCUT2D eigenvalue weighted by atomic mass is 10.1. The third kappa shape index (κ3) is 5.11. The van der Waals surface area contributed by atoms with E-state index in [0.717, 1.165) is 39.7 Å². The SMILES string of the molecule is CC1=NC(C)(CCc2csc(Nc3ncc(Br)cc3Oc3ccccc3)n2)ON1. The minimum absolute atomic E-state index is 0.550. The number of halogens is 1. The highest BCUT2D eigenvalue weighted by atomic mass is 79.9. The summed E-state index contributed by atoms with van der Waals surface area (Å²) in [4.78, 5) is 19.1. The maximum absolute atomic E-state index is 5.99. The van der Waals surface area contributed by atoms with Gasteiger partial charge in [0.15, 0.2) is 22.4 Å². The second kappa shape index (κ2) is 8.48. The minimum Gasteiger partial charge on any atom is -0.453 e. The van der Waals surface area contributed by atoms with E-state index in [0.29, 0.717) is 11.6 Å². The third-order valence-corrected chi connectivity index (χ3v) is 5.48. The quantitative estimate of drug-likeness (QED) is 0.475. The van der Waals surface area contributed by atoms with Crippen LogP contribution in [0.15, 0.2) is 57.4 Å². The highest BCUT2D eigenvalue weighted by Crippen LogP contribution is 2.33. The minimum atomic E-state index is -0.550. The number of hydrogen-bond acceptors (Lipinski definition) is 8. The lowest BCUT2D eigenvalue weighted by Crippen LogP contribution is -2.26. The summed E-state index contributed by atoms with van der Waals surface area (Å²) < 4.78 is 6.83. The van der Waals surface area contributed by atoms with E-state index in [2.05, 4.69) is 41.7 Å². The van der Waals surface area contributed by atoms with Gasteiger partial charge < -0.3 is 10.1 Å². The molecule has 29 heavy (non-hydrogen) atoms. The summed E-state index contributed by atoms with van der Waals surface area (Å²) in [5.74, 6) is 2.75. The fourth-order valence-corrected chi connectivity index (χ4v) is 3.89. The van der Waals surface area contributed by atoms with Gasteiger partial charge in [-0.25, -0.2) is 19.8 Å². The van der Waals surface area contributed by atoms with Crippen LogP contribution in [-0.2, 0) is 11.3 Å². The van der Waals surface area contributed by atoms with Crippen LogP contribution in [0.3, 0.4) is 0 Å². The second-order valence-electron chi connectivity index (χ2n) is 6.76. The zero-order chi connectivity index (χ0) is 20.3. The number of hydroxylamine groups is 1. The number of thiazole rings is 1. The van der Waals surface area contributed by atoms with Crippen molar-refractivity contribution in [1.29, 1.82) is 0 Å². The predicted molar refractivity (Wildman–Crippen MR) is 118 cm³/mol. The number of benzene rings is 1. The fraction of sp³-hybridized carbons (Fsp3) is 0.250. The van der Waals surface area contributed by atoms with E-state index in [9.17, 15) is 0 Å². The van der Waals surface area contributed by atoms with Gasteiger partial charge in [-0.3, -0.25) is 5.48 Å². The molecule has 150 valence electrons. The van der Waals surface area contributed by atoms with Crippen LogP contribution in [0, 0.1) is 0 Å². The van der Waals surface area contributed by atoms with E-state index in [1.165, 1.54) is 11.3 Å². The van der Waals surface area contributed by atoms with Crippen LogP contribution >= 0.6 is 27.3 Å². The number of nitrogens with zero attached hydrogens (tertiary/aromatic N) is 3. The Morgan fingerprint density at radius 2 is 2.14 bits per heavy atom. The Labute approximate surface area is 181 Å². The average molecular weight is 474 g/mol. The number of rotatable bonds is 7. The largest absolute Gasteiger partial charge is 0.453 e. The Hall–Kier alpha value is -2.49. The molecule has 1 atom stereocenters. The summed E-state index contributed by atoms with van der Waals surface area (Å²) >= 11 is 4.97. The zero-order valence-electron chi connectivity index (χ0n) is 16.0. The van der Waals surface area contributed by atoms with Crippen LogP contribution in [-0.4, -0.2) is 21.5 Å². The maximum Gasteiger partial charge on any atom is 0.188 e. The molecule has 1 unspecified atom stereocenters. The van der Waals surface area contributed by atoms with Crippen LogP contribution in [0.1, 0.15) is 26.0 Å². The number of aromatic nitrogens is 2. The number of pyridine rings is 1. The molecule has 4 rings (SSSR count). The first-order valence-corrected chi connectivity index (χ1v) is 10.8. The number of hydrogen-bond donors (Lipinski definition) is 2. The molecular weight excluding hydrogens is 454 g/mol. The van der Waals surface area contributed by atoms with Crippen LogP contribution < -0.4 is 15.5 Å².